The molecule has 0 aromatic heterocycles. The number of methoxy groups -OCH3 is 1. The summed E-state index contributed by atoms with van der Waals surface area (Å²) in [6.07, 6.45) is 4.00. The number of hydrogen-bond acceptors (Lipinski definition) is 4. The first kappa shape index (κ1) is 15.9. The molecule has 116 valence electrons. The van der Waals surface area contributed by atoms with Crippen LogP contribution in [0.15, 0.2) is 30.9 Å². The number of likely N-dealkylation sites (tertiary alicyclic amines) is 1. The van der Waals surface area contributed by atoms with Gasteiger partial charge in [-0.3, -0.25) is 4.90 Å². The Kier molecular flexibility index (Phi) is 6.08. The van der Waals surface area contributed by atoms with Gasteiger partial charge in [-0.15, -0.1) is 0 Å². The molecule has 1 N–H and O–H groups in total. The van der Waals surface area contributed by atoms with E-state index in [1.807, 2.05) is 12.1 Å². The fraction of sp³-hybridized carbons (Fsp3) is 0.529. The van der Waals surface area contributed by atoms with Gasteiger partial charge in [-0.1, -0.05) is 18.7 Å². The molecule has 1 atom stereocenters. The average molecular weight is 291 g/mol. The zero-order valence-corrected chi connectivity index (χ0v) is 12.8. The number of aliphatic hydroxyl groups excluding tert-OH is 1. The number of rotatable bonds is 7. The number of nitrogens with zero attached hydrogens (tertiary/aromatic N) is 1. The number of hydrogen-bond donors (Lipinski definition) is 1. The van der Waals surface area contributed by atoms with Crippen LogP contribution in [0.4, 0.5) is 0 Å². The van der Waals surface area contributed by atoms with Gasteiger partial charge in [0, 0.05) is 19.7 Å². The maximum atomic E-state index is 9.30. The fourth-order valence-electron chi connectivity index (χ4n) is 2.78. The number of benzene rings is 1. The van der Waals surface area contributed by atoms with Crippen LogP contribution in [0.25, 0.3) is 0 Å². The molecule has 2 rings (SSSR count). The van der Waals surface area contributed by atoms with E-state index in [0.29, 0.717) is 12.5 Å². The van der Waals surface area contributed by atoms with Crippen LogP contribution in [0.5, 0.6) is 11.5 Å². The molecule has 0 saturated carbocycles. The van der Waals surface area contributed by atoms with E-state index in [-0.39, 0.29) is 6.61 Å². The molecule has 1 heterocycles. The highest BCUT2D eigenvalue weighted by Crippen LogP contribution is 2.29. The van der Waals surface area contributed by atoms with Crippen LogP contribution in [-0.4, -0.2) is 43.4 Å². The number of ether oxygens (including phenoxy) is 2. The SMILES string of the molecule is C=CCOc1ccc(CN2CCCC(CO)C2)cc1OC. The zero-order chi connectivity index (χ0) is 15.1. The lowest BCUT2D eigenvalue weighted by Gasteiger charge is -2.31. The van der Waals surface area contributed by atoms with Crippen molar-refractivity contribution in [3.63, 3.8) is 0 Å². The van der Waals surface area contributed by atoms with Gasteiger partial charge in [-0.2, -0.15) is 0 Å². The van der Waals surface area contributed by atoms with Gasteiger partial charge in [0.2, 0.25) is 0 Å². The molecule has 21 heavy (non-hydrogen) atoms. The van der Waals surface area contributed by atoms with Crippen LogP contribution in [0.3, 0.4) is 0 Å². The lowest BCUT2D eigenvalue weighted by Crippen LogP contribution is -2.36. The molecule has 4 heteroatoms. The van der Waals surface area contributed by atoms with Crippen molar-refractivity contribution in [2.75, 3.05) is 33.4 Å². The molecule has 1 aromatic carbocycles. The third kappa shape index (κ3) is 4.48. The standard InChI is InChI=1S/C17H25NO3/c1-3-9-21-16-7-6-14(10-17(16)20-2)11-18-8-4-5-15(12-18)13-19/h3,6-7,10,15,19H,1,4-5,8-9,11-13H2,2H3. The molecule has 1 saturated heterocycles. The van der Waals surface area contributed by atoms with E-state index >= 15 is 0 Å². The van der Waals surface area contributed by atoms with Gasteiger partial charge in [0.05, 0.1) is 7.11 Å². The zero-order valence-electron chi connectivity index (χ0n) is 12.8. The molecular weight excluding hydrogens is 266 g/mol. The monoisotopic (exact) mass is 291 g/mol. The molecular formula is C17H25NO3. The van der Waals surface area contributed by atoms with Crippen molar-refractivity contribution in [1.82, 2.24) is 4.90 Å². The van der Waals surface area contributed by atoms with E-state index in [0.717, 1.165) is 44.0 Å². The van der Waals surface area contributed by atoms with Gasteiger partial charge in [0.1, 0.15) is 6.61 Å². The second kappa shape index (κ2) is 8.05. The lowest BCUT2D eigenvalue weighted by molar-refractivity contribution is 0.116. The van der Waals surface area contributed by atoms with Crippen molar-refractivity contribution in [2.45, 2.75) is 19.4 Å². The van der Waals surface area contributed by atoms with E-state index in [1.165, 1.54) is 5.56 Å². The summed E-state index contributed by atoms with van der Waals surface area (Å²) < 4.78 is 11.0. The predicted molar refractivity (Wildman–Crippen MR) is 83.8 cm³/mol. The van der Waals surface area contributed by atoms with Crippen LogP contribution >= 0.6 is 0 Å². The van der Waals surface area contributed by atoms with Gasteiger partial charge < -0.3 is 14.6 Å². The van der Waals surface area contributed by atoms with Crippen molar-refractivity contribution in [3.05, 3.63) is 36.4 Å². The molecule has 0 bridgehead atoms. The van der Waals surface area contributed by atoms with Crippen molar-refractivity contribution >= 4 is 0 Å². The minimum Gasteiger partial charge on any atom is -0.493 e. The third-order valence-electron chi connectivity index (χ3n) is 3.85. The van der Waals surface area contributed by atoms with Crippen molar-refractivity contribution in [3.8, 4) is 11.5 Å². The van der Waals surface area contributed by atoms with Gasteiger partial charge in [-0.25, -0.2) is 0 Å². The van der Waals surface area contributed by atoms with Crippen LogP contribution < -0.4 is 9.47 Å². The molecule has 0 aliphatic carbocycles. The summed E-state index contributed by atoms with van der Waals surface area (Å²) in [4.78, 5) is 2.39. The molecule has 1 aromatic rings. The second-order valence-corrected chi connectivity index (χ2v) is 5.51. The lowest BCUT2D eigenvalue weighted by atomic mass is 9.98. The van der Waals surface area contributed by atoms with Gasteiger partial charge in [0.25, 0.3) is 0 Å². The van der Waals surface area contributed by atoms with Crippen LogP contribution in [0.1, 0.15) is 18.4 Å². The number of aliphatic hydroxyl groups is 1. The second-order valence-electron chi connectivity index (χ2n) is 5.51. The Morgan fingerprint density at radius 1 is 1.43 bits per heavy atom. The Hall–Kier alpha value is -1.52. The van der Waals surface area contributed by atoms with E-state index < -0.39 is 0 Å². The topological polar surface area (TPSA) is 41.9 Å². The molecule has 1 fully saturated rings. The Balaban J connectivity index is 2.01. The molecule has 0 spiro atoms. The highest BCUT2D eigenvalue weighted by molar-refractivity contribution is 5.43. The first-order valence-electron chi connectivity index (χ1n) is 7.50. The summed E-state index contributed by atoms with van der Waals surface area (Å²) in [5.74, 6) is 1.91. The minimum atomic E-state index is 0.286. The van der Waals surface area contributed by atoms with Crippen LogP contribution in [0.2, 0.25) is 0 Å². The maximum absolute atomic E-state index is 9.30. The van der Waals surface area contributed by atoms with Crippen LogP contribution in [0, 0.1) is 5.92 Å². The summed E-state index contributed by atoms with van der Waals surface area (Å²) in [5, 5.41) is 9.30. The van der Waals surface area contributed by atoms with Crippen molar-refractivity contribution in [2.24, 2.45) is 5.92 Å². The van der Waals surface area contributed by atoms with E-state index in [4.69, 9.17) is 9.47 Å². The molecule has 1 aliphatic heterocycles. The first-order valence-corrected chi connectivity index (χ1v) is 7.50. The normalized spacial score (nSPS) is 19.2. The summed E-state index contributed by atoms with van der Waals surface area (Å²) in [5.41, 5.74) is 1.20. The molecule has 0 radical (unpaired) electrons. The predicted octanol–water partition coefficient (Wildman–Crippen LogP) is 2.46. The molecule has 1 aliphatic rings. The average Bonchev–Trinajstić information content (AvgIpc) is 2.53. The van der Waals surface area contributed by atoms with E-state index in [1.54, 1.807) is 13.2 Å². The highest BCUT2D eigenvalue weighted by Gasteiger charge is 2.19. The minimum absolute atomic E-state index is 0.286. The largest absolute Gasteiger partial charge is 0.493 e. The van der Waals surface area contributed by atoms with Crippen molar-refractivity contribution in [1.29, 1.82) is 0 Å². The van der Waals surface area contributed by atoms with Gasteiger partial charge in [0.15, 0.2) is 11.5 Å². The van der Waals surface area contributed by atoms with Gasteiger partial charge >= 0.3 is 0 Å². The van der Waals surface area contributed by atoms with E-state index in [9.17, 15) is 5.11 Å². The highest BCUT2D eigenvalue weighted by atomic mass is 16.5. The summed E-state index contributed by atoms with van der Waals surface area (Å²) in [6, 6.07) is 6.05. The summed E-state index contributed by atoms with van der Waals surface area (Å²) in [7, 11) is 1.66. The van der Waals surface area contributed by atoms with Crippen molar-refractivity contribution < 1.29 is 14.6 Å². The smallest absolute Gasteiger partial charge is 0.161 e. The molecule has 1 unspecified atom stereocenters. The Morgan fingerprint density at radius 3 is 3.00 bits per heavy atom. The number of piperidine rings is 1. The van der Waals surface area contributed by atoms with Crippen LogP contribution in [-0.2, 0) is 6.54 Å². The van der Waals surface area contributed by atoms with Gasteiger partial charge in [-0.05, 0) is 43.0 Å². The quantitative estimate of drug-likeness (QED) is 0.784. The Morgan fingerprint density at radius 2 is 2.29 bits per heavy atom. The first-order chi connectivity index (χ1) is 10.3. The Labute approximate surface area is 127 Å². The fourth-order valence-corrected chi connectivity index (χ4v) is 2.78. The maximum Gasteiger partial charge on any atom is 0.161 e. The molecule has 4 nitrogen and oxygen atoms in total. The summed E-state index contributed by atoms with van der Waals surface area (Å²) >= 11 is 0. The van der Waals surface area contributed by atoms with E-state index in [2.05, 4.69) is 17.5 Å². The Bertz CT molecular complexity index is 461. The third-order valence-corrected chi connectivity index (χ3v) is 3.85. The summed E-state index contributed by atoms with van der Waals surface area (Å²) in [6.45, 7) is 7.35. The molecule has 0 amide bonds.